The molecule has 1 saturated carbocycles. The van der Waals surface area contributed by atoms with E-state index in [1.165, 1.54) is 19.2 Å². The fraction of sp³-hybridized carbons (Fsp3) is 0.304. The lowest BCUT2D eigenvalue weighted by molar-refractivity contribution is 0.350. The molecule has 1 nitrogen and oxygen atoms in total. The van der Waals surface area contributed by atoms with Crippen LogP contribution in [-0.2, 0) is 0 Å². The summed E-state index contributed by atoms with van der Waals surface area (Å²) in [6, 6.07) is 8.13. The molecule has 0 saturated heterocycles. The first-order chi connectivity index (χ1) is 13.0. The van der Waals surface area contributed by atoms with Crippen molar-refractivity contribution in [1.29, 1.82) is 0 Å². The molecule has 0 spiro atoms. The monoisotopic (exact) mass is 372 g/mol. The number of rotatable bonds is 5. The van der Waals surface area contributed by atoms with Gasteiger partial charge in [0.15, 0.2) is 11.6 Å². The van der Waals surface area contributed by atoms with Crippen LogP contribution < -0.4 is 4.74 Å². The molecule has 0 aromatic heterocycles. The molecule has 0 N–H and O–H groups in total. The fourth-order valence-corrected chi connectivity index (χ4v) is 3.69. The van der Waals surface area contributed by atoms with Gasteiger partial charge in [-0.3, -0.25) is 0 Å². The molecule has 0 bridgehead atoms. The largest absolute Gasteiger partial charge is 0.494 e. The molecule has 142 valence electrons. The van der Waals surface area contributed by atoms with Gasteiger partial charge in [-0.15, -0.1) is 0 Å². The van der Waals surface area contributed by atoms with Gasteiger partial charge in [0, 0.05) is 5.56 Å². The Morgan fingerprint density at radius 1 is 1.00 bits per heavy atom. The highest BCUT2D eigenvalue weighted by atomic mass is 19.2. The Labute approximate surface area is 158 Å². The summed E-state index contributed by atoms with van der Waals surface area (Å²) in [4.78, 5) is 0. The average molecular weight is 372 g/mol. The van der Waals surface area contributed by atoms with E-state index in [2.05, 4.69) is 6.58 Å². The maximum atomic E-state index is 14.3. The standard InChI is InChI=1S/C23H23F3O/c1-3-15-4-10-18(20(24)14-15)11-7-16-5-8-17(9-6-16)19-12-13-21(27-2)23(26)22(19)25/h3-4,7,10-14,16-17H,1,5-6,8-9H2,2H3/b11-7+. The van der Waals surface area contributed by atoms with E-state index in [1.807, 2.05) is 12.1 Å². The lowest BCUT2D eigenvalue weighted by Gasteiger charge is -2.27. The van der Waals surface area contributed by atoms with Crippen LogP contribution in [0.2, 0.25) is 0 Å². The van der Waals surface area contributed by atoms with Crippen LogP contribution in [0.1, 0.15) is 48.3 Å². The Hall–Kier alpha value is -2.49. The SMILES string of the molecule is C=Cc1ccc(/C=C/C2CCC(c3ccc(OC)c(F)c3F)CC2)c(F)c1. The smallest absolute Gasteiger partial charge is 0.200 e. The molecular weight excluding hydrogens is 349 g/mol. The van der Waals surface area contributed by atoms with Gasteiger partial charge in [0.1, 0.15) is 5.82 Å². The topological polar surface area (TPSA) is 9.23 Å². The molecule has 0 heterocycles. The van der Waals surface area contributed by atoms with E-state index < -0.39 is 11.6 Å². The van der Waals surface area contributed by atoms with Crippen LogP contribution in [0.15, 0.2) is 43.0 Å². The summed E-state index contributed by atoms with van der Waals surface area (Å²) in [7, 11) is 1.32. The molecular formula is C23H23F3O. The number of benzene rings is 2. The summed E-state index contributed by atoms with van der Waals surface area (Å²) in [5, 5.41) is 0. The van der Waals surface area contributed by atoms with Gasteiger partial charge in [0.25, 0.3) is 0 Å². The lowest BCUT2D eigenvalue weighted by atomic mass is 9.78. The first kappa shape index (κ1) is 19.3. The highest BCUT2D eigenvalue weighted by Gasteiger charge is 2.25. The Bertz CT molecular complexity index is 849. The highest BCUT2D eigenvalue weighted by Crippen LogP contribution is 2.39. The number of ether oxygens (including phenoxy) is 1. The van der Waals surface area contributed by atoms with E-state index in [1.54, 1.807) is 24.3 Å². The third kappa shape index (κ3) is 4.26. The van der Waals surface area contributed by atoms with Crippen molar-refractivity contribution in [2.45, 2.75) is 31.6 Å². The summed E-state index contributed by atoms with van der Waals surface area (Å²) in [6.45, 7) is 3.63. The highest BCUT2D eigenvalue weighted by molar-refractivity contribution is 5.55. The quantitative estimate of drug-likeness (QED) is 0.564. The molecule has 0 atom stereocenters. The molecule has 1 aliphatic rings. The van der Waals surface area contributed by atoms with Crippen LogP contribution in [0.4, 0.5) is 13.2 Å². The van der Waals surface area contributed by atoms with Gasteiger partial charge in [0.05, 0.1) is 7.11 Å². The van der Waals surface area contributed by atoms with Crippen molar-refractivity contribution in [2.24, 2.45) is 5.92 Å². The molecule has 4 heteroatoms. The second-order valence-corrected chi connectivity index (χ2v) is 6.94. The molecule has 1 fully saturated rings. The Morgan fingerprint density at radius 3 is 2.37 bits per heavy atom. The molecule has 0 radical (unpaired) electrons. The minimum absolute atomic E-state index is 0.00123. The fourth-order valence-electron chi connectivity index (χ4n) is 3.69. The first-order valence-corrected chi connectivity index (χ1v) is 9.15. The van der Waals surface area contributed by atoms with Crippen molar-refractivity contribution >= 4 is 12.2 Å². The van der Waals surface area contributed by atoms with Crippen molar-refractivity contribution < 1.29 is 17.9 Å². The van der Waals surface area contributed by atoms with E-state index >= 15 is 0 Å². The zero-order chi connectivity index (χ0) is 19.4. The molecule has 2 aromatic rings. The Morgan fingerprint density at radius 2 is 1.74 bits per heavy atom. The summed E-state index contributed by atoms with van der Waals surface area (Å²) < 4.78 is 47.1. The zero-order valence-electron chi connectivity index (χ0n) is 15.4. The minimum Gasteiger partial charge on any atom is -0.494 e. The van der Waals surface area contributed by atoms with Crippen molar-refractivity contribution in [3.8, 4) is 5.75 Å². The minimum atomic E-state index is -0.921. The van der Waals surface area contributed by atoms with Crippen LogP contribution in [-0.4, -0.2) is 7.11 Å². The van der Waals surface area contributed by atoms with Crippen LogP contribution in [0, 0.1) is 23.4 Å². The maximum absolute atomic E-state index is 14.3. The second kappa shape index (κ2) is 8.47. The second-order valence-electron chi connectivity index (χ2n) is 6.94. The zero-order valence-corrected chi connectivity index (χ0v) is 15.4. The van der Waals surface area contributed by atoms with Gasteiger partial charge in [0.2, 0.25) is 5.82 Å². The number of allylic oxidation sites excluding steroid dienone is 1. The van der Waals surface area contributed by atoms with E-state index in [-0.39, 0.29) is 17.5 Å². The van der Waals surface area contributed by atoms with Gasteiger partial charge in [-0.25, -0.2) is 8.78 Å². The van der Waals surface area contributed by atoms with Crippen molar-refractivity contribution in [3.05, 3.63) is 77.1 Å². The predicted molar refractivity (Wildman–Crippen MR) is 103 cm³/mol. The number of methoxy groups -OCH3 is 1. The van der Waals surface area contributed by atoms with Gasteiger partial charge in [-0.2, -0.15) is 4.39 Å². The molecule has 0 amide bonds. The maximum Gasteiger partial charge on any atom is 0.200 e. The van der Waals surface area contributed by atoms with Crippen LogP contribution in [0.5, 0.6) is 5.75 Å². The van der Waals surface area contributed by atoms with E-state index in [0.29, 0.717) is 17.0 Å². The molecule has 0 unspecified atom stereocenters. The Balaban J connectivity index is 1.64. The van der Waals surface area contributed by atoms with Crippen LogP contribution >= 0.6 is 0 Å². The third-order valence-electron chi connectivity index (χ3n) is 5.32. The predicted octanol–water partition coefficient (Wildman–Crippen LogP) is 6.74. The first-order valence-electron chi connectivity index (χ1n) is 9.15. The van der Waals surface area contributed by atoms with Crippen molar-refractivity contribution in [2.75, 3.05) is 7.11 Å². The normalized spacial score (nSPS) is 20.0. The average Bonchev–Trinajstić information content (AvgIpc) is 2.69. The molecule has 3 rings (SSSR count). The van der Waals surface area contributed by atoms with E-state index in [4.69, 9.17) is 4.74 Å². The van der Waals surface area contributed by atoms with E-state index in [9.17, 15) is 13.2 Å². The number of hydrogen-bond acceptors (Lipinski definition) is 1. The molecule has 2 aromatic carbocycles. The lowest BCUT2D eigenvalue weighted by Crippen LogP contribution is -2.13. The van der Waals surface area contributed by atoms with Crippen molar-refractivity contribution in [3.63, 3.8) is 0 Å². The Kier molecular flexibility index (Phi) is 6.04. The van der Waals surface area contributed by atoms with Crippen LogP contribution in [0.3, 0.4) is 0 Å². The van der Waals surface area contributed by atoms with Gasteiger partial charge in [-0.1, -0.05) is 43.0 Å². The molecule has 0 aliphatic heterocycles. The number of halogens is 3. The van der Waals surface area contributed by atoms with Gasteiger partial charge < -0.3 is 4.74 Å². The van der Waals surface area contributed by atoms with E-state index in [0.717, 1.165) is 31.2 Å². The molecule has 27 heavy (non-hydrogen) atoms. The summed E-state index contributed by atoms with van der Waals surface area (Å²) in [5.41, 5.74) is 1.71. The summed E-state index contributed by atoms with van der Waals surface area (Å²) in [6.07, 6.45) is 8.71. The number of hydrogen-bond donors (Lipinski definition) is 0. The van der Waals surface area contributed by atoms with Crippen molar-refractivity contribution in [1.82, 2.24) is 0 Å². The summed E-state index contributed by atoms with van der Waals surface area (Å²) in [5.74, 6) is -1.76. The van der Waals surface area contributed by atoms with Crippen LogP contribution in [0.25, 0.3) is 12.2 Å². The van der Waals surface area contributed by atoms with Gasteiger partial charge in [-0.05, 0) is 60.8 Å². The van der Waals surface area contributed by atoms with Gasteiger partial charge >= 0.3 is 0 Å². The third-order valence-corrected chi connectivity index (χ3v) is 5.32. The molecule has 1 aliphatic carbocycles. The summed E-state index contributed by atoms with van der Waals surface area (Å²) >= 11 is 0.